The SMILES string of the molecule is CC(N)c1nc(CN(C)C2CCN(C)CC2)cs1. The topological polar surface area (TPSA) is 45.4 Å². The summed E-state index contributed by atoms with van der Waals surface area (Å²) in [6.45, 7) is 5.34. The summed E-state index contributed by atoms with van der Waals surface area (Å²) >= 11 is 1.68. The van der Waals surface area contributed by atoms with E-state index in [0.717, 1.165) is 17.2 Å². The predicted octanol–water partition coefficient (Wildman–Crippen LogP) is 1.69. The first-order valence-corrected chi connectivity index (χ1v) is 7.53. The summed E-state index contributed by atoms with van der Waals surface area (Å²) in [6, 6.07) is 0.749. The lowest BCUT2D eigenvalue weighted by Crippen LogP contribution is -2.41. The molecule has 0 aliphatic carbocycles. The zero-order chi connectivity index (χ0) is 13.1. The molecule has 0 spiro atoms. The van der Waals surface area contributed by atoms with Crippen LogP contribution in [-0.4, -0.2) is 48.0 Å². The zero-order valence-corrected chi connectivity index (χ0v) is 12.4. The predicted molar refractivity (Wildman–Crippen MR) is 76.7 cm³/mol. The zero-order valence-electron chi connectivity index (χ0n) is 11.6. The Morgan fingerprint density at radius 2 is 2.22 bits per heavy atom. The Labute approximate surface area is 114 Å². The Bertz CT molecular complexity index is 369. The summed E-state index contributed by atoms with van der Waals surface area (Å²) in [7, 11) is 4.41. The molecule has 0 saturated carbocycles. The molecule has 0 aromatic carbocycles. The van der Waals surface area contributed by atoms with E-state index < -0.39 is 0 Å². The van der Waals surface area contributed by atoms with Gasteiger partial charge < -0.3 is 10.6 Å². The maximum absolute atomic E-state index is 5.84. The molecule has 1 aromatic heterocycles. The van der Waals surface area contributed by atoms with Crippen molar-refractivity contribution in [3.8, 4) is 0 Å². The van der Waals surface area contributed by atoms with Crippen molar-refractivity contribution in [1.29, 1.82) is 0 Å². The minimum Gasteiger partial charge on any atom is -0.322 e. The van der Waals surface area contributed by atoms with Gasteiger partial charge in [0, 0.05) is 18.0 Å². The summed E-state index contributed by atoms with van der Waals surface area (Å²) in [5.41, 5.74) is 7.01. The first-order valence-electron chi connectivity index (χ1n) is 6.65. The van der Waals surface area contributed by atoms with E-state index in [1.807, 2.05) is 6.92 Å². The van der Waals surface area contributed by atoms with Gasteiger partial charge in [-0.15, -0.1) is 11.3 Å². The summed E-state index contributed by atoms with van der Waals surface area (Å²) in [5.74, 6) is 0. The lowest BCUT2D eigenvalue weighted by molar-refractivity contribution is 0.138. The van der Waals surface area contributed by atoms with Gasteiger partial charge in [0.2, 0.25) is 0 Å². The third-order valence-corrected chi connectivity index (χ3v) is 4.78. The maximum Gasteiger partial charge on any atom is 0.109 e. The minimum absolute atomic E-state index is 0.0531. The molecule has 2 N–H and O–H groups in total. The second-order valence-corrected chi connectivity index (χ2v) is 6.31. The van der Waals surface area contributed by atoms with Gasteiger partial charge in [0.25, 0.3) is 0 Å². The Morgan fingerprint density at radius 3 is 2.78 bits per heavy atom. The largest absolute Gasteiger partial charge is 0.322 e. The monoisotopic (exact) mass is 268 g/mol. The highest BCUT2D eigenvalue weighted by atomic mass is 32.1. The average molecular weight is 268 g/mol. The highest BCUT2D eigenvalue weighted by Crippen LogP contribution is 2.20. The van der Waals surface area contributed by atoms with Crippen LogP contribution >= 0.6 is 11.3 Å². The second kappa shape index (κ2) is 6.10. The molecule has 1 aliphatic heterocycles. The second-order valence-electron chi connectivity index (χ2n) is 5.42. The molecular weight excluding hydrogens is 244 g/mol. The van der Waals surface area contributed by atoms with E-state index in [-0.39, 0.29) is 6.04 Å². The fraction of sp³-hybridized carbons (Fsp3) is 0.769. The van der Waals surface area contributed by atoms with E-state index >= 15 is 0 Å². The quantitative estimate of drug-likeness (QED) is 0.902. The average Bonchev–Trinajstić information content (AvgIpc) is 2.78. The molecule has 2 heterocycles. The van der Waals surface area contributed by atoms with Gasteiger partial charge in [-0.1, -0.05) is 0 Å². The Balaban J connectivity index is 1.88. The number of nitrogens with zero attached hydrogens (tertiary/aromatic N) is 3. The maximum atomic E-state index is 5.84. The van der Waals surface area contributed by atoms with Gasteiger partial charge in [0.15, 0.2) is 0 Å². The molecular formula is C13H24N4S. The van der Waals surface area contributed by atoms with Crippen molar-refractivity contribution in [3.63, 3.8) is 0 Å². The molecule has 1 fully saturated rings. The summed E-state index contributed by atoms with van der Waals surface area (Å²) in [4.78, 5) is 9.44. The van der Waals surface area contributed by atoms with Crippen LogP contribution in [-0.2, 0) is 6.54 Å². The lowest BCUT2D eigenvalue weighted by atomic mass is 10.0. The van der Waals surface area contributed by atoms with Crippen molar-refractivity contribution in [2.75, 3.05) is 27.2 Å². The number of thiazole rings is 1. The number of hydrogen-bond acceptors (Lipinski definition) is 5. The molecule has 0 amide bonds. The van der Waals surface area contributed by atoms with Crippen LogP contribution in [0.15, 0.2) is 5.38 Å². The van der Waals surface area contributed by atoms with Crippen LogP contribution in [0.2, 0.25) is 0 Å². The van der Waals surface area contributed by atoms with Crippen molar-refractivity contribution >= 4 is 11.3 Å². The molecule has 1 atom stereocenters. The van der Waals surface area contributed by atoms with Crippen LogP contribution in [0.25, 0.3) is 0 Å². The molecule has 2 rings (SSSR count). The fourth-order valence-corrected chi connectivity index (χ4v) is 3.19. The molecule has 1 saturated heterocycles. The van der Waals surface area contributed by atoms with Gasteiger partial charge in [-0.05, 0) is 47.0 Å². The van der Waals surface area contributed by atoms with E-state index in [9.17, 15) is 0 Å². The lowest BCUT2D eigenvalue weighted by Gasteiger charge is -2.34. The number of hydrogen-bond donors (Lipinski definition) is 1. The summed E-state index contributed by atoms with van der Waals surface area (Å²) in [5, 5.41) is 3.19. The molecule has 1 unspecified atom stereocenters. The van der Waals surface area contributed by atoms with Crippen molar-refractivity contribution in [2.45, 2.75) is 38.4 Å². The molecule has 0 bridgehead atoms. The van der Waals surface area contributed by atoms with Crippen molar-refractivity contribution in [2.24, 2.45) is 5.73 Å². The number of piperidine rings is 1. The summed E-state index contributed by atoms with van der Waals surface area (Å²) < 4.78 is 0. The van der Waals surface area contributed by atoms with E-state index in [1.165, 1.54) is 25.9 Å². The summed E-state index contributed by atoms with van der Waals surface area (Å²) in [6.07, 6.45) is 2.52. The van der Waals surface area contributed by atoms with Gasteiger partial charge >= 0.3 is 0 Å². The third-order valence-electron chi connectivity index (χ3n) is 3.68. The van der Waals surface area contributed by atoms with E-state index in [2.05, 4.69) is 34.3 Å². The van der Waals surface area contributed by atoms with Gasteiger partial charge in [-0.25, -0.2) is 4.98 Å². The van der Waals surface area contributed by atoms with E-state index in [1.54, 1.807) is 11.3 Å². The van der Waals surface area contributed by atoms with Crippen molar-refractivity contribution in [3.05, 3.63) is 16.1 Å². The Hall–Kier alpha value is -0.490. The molecule has 1 aliphatic rings. The Kier molecular flexibility index (Phi) is 4.72. The minimum atomic E-state index is 0.0531. The van der Waals surface area contributed by atoms with Gasteiger partial charge in [-0.2, -0.15) is 0 Å². The van der Waals surface area contributed by atoms with Crippen LogP contribution in [0, 0.1) is 0 Å². The molecule has 1 aromatic rings. The molecule has 0 radical (unpaired) electrons. The van der Waals surface area contributed by atoms with Crippen LogP contribution in [0.1, 0.15) is 36.5 Å². The number of aromatic nitrogens is 1. The van der Waals surface area contributed by atoms with E-state index in [4.69, 9.17) is 5.73 Å². The number of rotatable bonds is 4. The number of nitrogens with two attached hydrogens (primary N) is 1. The van der Waals surface area contributed by atoms with Crippen molar-refractivity contribution in [1.82, 2.24) is 14.8 Å². The van der Waals surface area contributed by atoms with Crippen molar-refractivity contribution < 1.29 is 0 Å². The molecule has 102 valence electrons. The number of likely N-dealkylation sites (tertiary alicyclic amines) is 1. The molecule has 5 heteroatoms. The third kappa shape index (κ3) is 3.51. The first-order chi connectivity index (χ1) is 8.56. The standard InChI is InChI=1S/C13H24N4S/c1-10(14)13-15-11(9-18-13)8-17(3)12-4-6-16(2)7-5-12/h9-10,12H,4-8,14H2,1-3H3. The first kappa shape index (κ1) is 13.9. The fourth-order valence-electron chi connectivity index (χ4n) is 2.42. The molecule has 18 heavy (non-hydrogen) atoms. The van der Waals surface area contributed by atoms with E-state index in [0.29, 0.717) is 6.04 Å². The van der Waals surface area contributed by atoms with Gasteiger partial charge in [0.1, 0.15) is 5.01 Å². The van der Waals surface area contributed by atoms with Crippen LogP contribution in [0.5, 0.6) is 0 Å². The van der Waals surface area contributed by atoms with Crippen LogP contribution < -0.4 is 5.73 Å². The molecule has 4 nitrogen and oxygen atoms in total. The highest BCUT2D eigenvalue weighted by Gasteiger charge is 2.21. The highest BCUT2D eigenvalue weighted by molar-refractivity contribution is 7.09. The smallest absolute Gasteiger partial charge is 0.109 e. The van der Waals surface area contributed by atoms with Gasteiger partial charge in [-0.3, -0.25) is 4.90 Å². The van der Waals surface area contributed by atoms with Crippen LogP contribution in [0.4, 0.5) is 0 Å². The Morgan fingerprint density at radius 1 is 1.56 bits per heavy atom. The normalized spacial score (nSPS) is 20.5. The van der Waals surface area contributed by atoms with Crippen LogP contribution in [0.3, 0.4) is 0 Å². The van der Waals surface area contributed by atoms with Gasteiger partial charge in [0.05, 0.1) is 11.7 Å².